The third kappa shape index (κ3) is 3.14. The maximum Gasteiger partial charge on any atom is 0.147 e. The Hall–Kier alpha value is -1.94. The van der Waals surface area contributed by atoms with E-state index in [-0.39, 0.29) is 11.5 Å². The van der Waals surface area contributed by atoms with E-state index in [2.05, 4.69) is 5.32 Å². The molecule has 0 saturated carbocycles. The summed E-state index contributed by atoms with van der Waals surface area (Å²) >= 11 is 5.97. The molecule has 0 aromatic heterocycles. The van der Waals surface area contributed by atoms with Gasteiger partial charge in [-0.2, -0.15) is 0 Å². The molecule has 0 heterocycles. The van der Waals surface area contributed by atoms with Crippen LogP contribution >= 0.6 is 11.6 Å². The largest absolute Gasteiger partial charge is 0.497 e. The number of methoxy groups -OCH3 is 2. The topological polar surface area (TPSA) is 30.5 Å². The van der Waals surface area contributed by atoms with Gasteiger partial charge in [-0.3, -0.25) is 0 Å². The number of ether oxygens (including phenoxy) is 2. The highest BCUT2D eigenvalue weighted by Gasteiger charge is 2.09. The predicted molar refractivity (Wildman–Crippen MR) is 78.3 cm³/mol. The summed E-state index contributed by atoms with van der Waals surface area (Å²) in [5.41, 5.74) is 1.13. The second kappa shape index (κ2) is 6.48. The summed E-state index contributed by atoms with van der Waals surface area (Å²) < 4.78 is 24.1. The summed E-state index contributed by atoms with van der Waals surface area (Å²) in [6.45, 7) is 0.376. The maximum absolute atomic E-state index is 13.7. The SMILES string of the molecule is COc1ccc(OC)c(CNc2c(F)cccc2Cl)c1. The summed E-state index contributed by atoms with van der Waals surface area (Å²) in [6, 6.07) is 10.00. The first kappa shape index (κ1) is 14.5. The zero-order chi connectivity index (χ0) is 14.5. The van der Waals surface area contributed by atoms with E-state index in [1.54, 1.807) is 38.5 Å². The van der Waals surface area contributed by atoms with Crippen molar-refractivity contribution in [1.29, 1.82) is 0 Å². The Bertz CT molecular complexity index is 584. The minimum atomic E-state index is -0.389. The summed E-state index contributed by atoms with van der Waals surface area (Å²) in [4.78, 5) is 0. The Kier molecular flexibility index (Phi) is 4.69. The maximum atomic E-state index is 13.7. The van der Waals surface area contributed by atoms with Gasteiger partial charge in [-0.15, -0.1) is 0 Å². The van der Waals surface area contributed by atoms with Crippen molar-refractivity contribution >= 4 is 17.3 Å². The Labute approximate surface area is 122 Å². The third-order valence-corrected chi connectivity index (χ3v) is 3.22. The molecule has 2 aromatic carbocycles. The van der Waals surface area contributed by atoms with Gasteiger partial charge in [-0.25, -0.2) is 4.39 Å². The van der Waals surface area contributed by atoms with E-state index in [4.69, 9.17) is 21.1 Å². The Morgan fingerprint density at radius 1 is 1.15 bits per heavy atom. The van der Waals surface area contributed by atoms with Crippen molar-refractivity contribution in [1.82, 2.24) is 0 Å². The average Bonchev–Trinajstić information content (AvgIpc) is 2.46. The van der Waals surface area contributed by atoms with Crippen LogP contribution in [0.3, 0.4) is 0 Å². The molecule has 3 nitrogen and oxygen atoms in total. The van der Waals surface area contributed by atoms with Gasteiger partial charge < -0.3 is 14.8 Å². The molecule has 0 radical (unpaired) electrons. The van der Waals surface area contributed by atoms with E-state index in [9.17, 15) is 4.39 Å². The van der Waals surface area contributed by atoms with Crippen molar-refractivity contribution in [3.8, 4) is 11.5 Å². The number of hydrogen-bond donors (Lipinski definition) is 1. The summed E-state index contributed by atoms with van der Waals surface area (Å²) in [5.74, 6) is 1.02. The van der Waals surface area contributed by atoms with Crippen molar-refractivity contribution in [2.24, 2.45) is 0 Å². The standard InChI is InChI=1S/C15H15ClFNO2/c1-19-11-6-7-14(20-2)10(8-11)9-18-15-12(16)4-3-5-13(15)17/h3-8,18H,9H2,1-2H3. The Balaban J connectivity index is 2.22. The van der Waals surface area contributed by atoms with Crippen LogP contribution in [-0.4, -0.2) is 14.2 Å². The summed E-state index contributed by atoms with van der Waals surface area (Å²) in [7, 11) is 3.17. The summed E-state index contributed by atoms with van der Waals surface area (Å²) in [5, 5.41) is 3.32. The smallest absolute Gasteiger partial charge is 0.147 e. The van der Waals surface area contributed by atoms with Crippen LogP contribution in [-0.2, 0) is 6.54 Å². The minimum absolute atomic E-state index is 0.277. The fourth-order valence-corrected chi connectivity index (χ4v) is 2.10. The molecule has 0 fully saturated rings. The second-order valence-electron chi connectivity index (χ2n) is 4.13. The molecule has 0 atom stereocenters. The van der Waals surface area contributed by atoms with E-state index < -0.39 is 0 Å². The molecule has 0 aliphatic heterocycles. The lowest BCUT2D eigenvalue weighted by Crippen LogP contribution is -2.04. The van der Waals surface area contributed by atoms with Gasteiger partial charge in [-0.1, -0.05) is 17.7 Å². The van der Waals surface area contributed by atoms with E-state index >= 15 is 0 Å². The van der Waals surface area contributed by atoms with E-state index in [0.29, 0.717) is 23.1 Å². The van der Waals surface area contributed by atoms with Gasteiger partial charge >= 0.3 is 0 Å². The van der Waals surface area contributed by atoms with Crippen LogP contribution in [0, 0.1) is 5.82 Å². The number of nitrogens with one attached hydrogen (secondary N) is 1. The van der Waals surface area contributed by atoms with Gasteiger partial charge in [0, 0.05) is 12.1 Å². The van der Waals surface area contributed by atoms with Crippen LogP contribution in [0.5, 0.6) is 11.5 Å². The molecule has 0 spiro atoms. The molecule has 5 heteroatoms. The van der Waals surface area contributed by atoms with Crippen molar-refractivity contribution in [3.05, 3.63) is 52.8 Å². The molecule has 1 N–H and O–H groups in total. The molecule has 0 aliphatic carbocycles. The molecule has 20 heavy (non-hydrogen) atoms. The van der Waals surface area contributed by atoms with Gasteiger partial charge in [0.15, 0.2) is 0 Å². The van der Waals surface area contributed by atoms with Crippen molar-refractivity contribution in [2.75, 3.05) is 19.5 Å². The molecular formula is C15H15ClFNO2. The molecule has 0 saturated heterocycles. The van der Waals surface area contributed by atoms with Crippen molar-refractivity contribution in [2.45, 2.75) is 6.54 Å². The zero-order valence-corrected chi connectivity index (χ0v) is 12.0. The minimum Gasteiger partial charge on any atom is -0.497 e. The monoisotopic (exact) mass is 295 g/mol. The highest BCUT2D eigenvalue weighted by molar-refractivity contribution is 6.33. The first-order chi connectivity index (χ1) is 9.65. The van der Waals surface area contributed by atoms with E-state index in [0.717, 1.165) is 5.56 Å². The predicted octanol–water partition coefficient (Wildman–Crippen LogP) is 4.11. The Morgan fingerprint density at radius 3 is 2.60 bits per heavy atom. The van der Waals surface area contributed by atoms with Crippen LogP contribution in [0.15, 0.2) is 36.4 Å². The molecule has 0 amide bonds. The lowest BCUT2D eigenvalue weighted by molar-refractivity contribution is 0.399. The van der Waals surface area contributed by atoms with Crippen LogP contribution < -0.4 is 14.8 Å². The highest BCUT2D eigenvalue weighted by atomic mass is 35.5. The van der Waals surface area contributed by atoms with Gasteiger partial charge in [0.1, 0.15) is 17.3 Å². The van der Waals surface area contributed by atoms with Gasteiger partial charge in [-0.05, 0) is 30.3 Å². The molecular weight excluding hydrogens is 281 g/mol. The lowest BCUT2D eigenvalue weighted by atomic mass is 10.1. The van der Waals surface area contributed by atoms with Crippen LogP contribution in [0.1, 0.15) is 5.56 Å². The van der Waals surface area contributed by atoms with Crippen LogP contribution in [0.25, 0.3) is 0 Å². The number of para-hydroxylation sites is 1. The van der Waals surface area contributed by atoms with Crippen LogP contribution in [0.2, 0.25) is 5.02 Å². The molecule has 106 valence electrons. The first-order valence-electron chi connectivity index (χ1n) is 6.04. The molecule has 2 aromatic rings. The lowest BCUT2D eigenvalue weighted by Gasteiger charge is -2.13. The average molecular weight is 296 g/mol. The van der Waals surface area contributed by atoms with E-state index in [1.807, 2.05) is 6.07 Å². The fraction of sp³-hybridized carbons (Fsp3) is 0.200. The quantitative estimate of drug-likeness (QED) is 0.900. The molecule has 0 aliphatic rings. The number of halogens is 2. The highest BCUT2D eigenvalue weighted by Crippen LogP contribution is 2.28. The number of benzene rings is 2. The zero-order valence-electron chi connectivity index (χ0n) is 11.2. The molecule has 0 unspecified atom stereocenters. The second-order valence-corrected chi connectivity index (χ2v) is 4.54. The van der Waals surface area contributed by atoms with Gasteiger partial charge in [0.25, 0.3) is 0 Å². The Morgan fingerprint density at radius 2 is 1.95 bits per heavy atom. The van der Waals surface area contributed by atoms with E-state index in [1.165, 1.54) is 6.07 Å². The third-order valence-electron chi connectivity index (χ3n) is 2.91. The van der Waals surface area contributed by atoms with Gasteiger partial charge in [0.2, 0.25) is 0 Å². The van der Waals surface area contributed by atoms with Crippen LogP contribution in [0.4, 0.5) is 10.1 Å². The first-order valence-corrected chi connectivity index (χ1v) is 6.42. The number of rotatable bonds is 5. The fourth-order valence-electron chi connectivity index (χ4n) is 1.87. The number of hydrogen-bond acceptors (Lipinski definition) is 3. The molecule has 0 bridgehead atoms. The summed E-state index contributed by atoms with van der Waals surface area (Å²) in [6.07, 6.45) is 0. The molecule has 2 rings (SSSR count). The van der Waals surface area contributed by atoms with Crippen molar-refractivity contribution < 1.29 is 13.9 Å². The van der Waals surface area contributed by atoms with Gasteiger partial charge in [0.05, 0.1) is 24.9 Å². The number of anilines is 1. The van der Waals surface area contributed by atoms with Crippen molar-refractivity contribution in [3.63, 3.8) is 0 Å². The normalized spacial score (nSPS) is 10.2.